The lowest BCUT2D eigenvalue weighted by Gasteiger charge is -2.35. The molecule has 1 aliphatic rings. The molecule has 1 fully saturated rings. The maximum absolute atomic E-state index is 11.7. The van der Waals surface area contributed by atoms with Gasteiger partial charge >= 0.3 is 0 Å². The summed E-state index contributed by atoms with van der Waals surface area (Å²) in [7, 11) is 0. The van der Waals surface area contributed by atoms with Crippen molar-refractivity contribution in [3.63, 3.8) is 0 Å². The fourth-order valence-electron chi connectivity index (χ4n) is 2.37. The van der Waals surface area contributed by atoms with Crippen LogP contribution < -0.4 is 4.90 Å². The zero-order chi connectivity index (χ0) is 14.7. The summed E-state index contributed by atoms with van der Waals surface area (Å²) in [5, 5.41) is 4.06. The number of carbonyl (C=O) groups excluding carboxylic acids is 1. The Kier molecular flexibility index (Phi) is 3.76. The molecular weight excluding hydrogens is 270 g/mol. The largest absolute Gasteiger partial charge is 0.353 e. The highest BCUT2D eigenvalue weighted by atomic mass is 16.2. The molecule has 8 heteroatoms. The molecule has 0 bridgehead atoms. The van der Waals surface area contributed by atoms with Crippen molar-refractivity contribution >= 4 is 11.7 Å². The van der Waals surface area contributed by atoms with E-state index in [1.54, 1.807) is 11.0 Å². The molecule has 3 heterocycles. The van der Waals surface area contributed by atoms with Crippen molar-refractivity contribution in [3.05, 3.63) is 25.0 Å². The van der Waals surface area contributed by atoms with E-state index in [4.69, 9.17) is 0 Å². The number of amides is 1. The van der Waals surface area contributed by atoms with Gasteiger partial charge in [0.2, 0.25) is 5.91 Å². The number of anilines is 1. The number of aromatic nitrogens is 5. The molecule has 0 aliphatic carbocycles. The van der Waals surface area contributed by atoms with Gasteiger partial charge in [0, 0.05) is 38.7 Å². The van der Waals surface area contributed by atoms with Gasteiger partial charge in [-0.2, -0.15) is 5.10 Å². The Morgan fingerprint density at radius 3 is 2.57 bits per heavy atom. The summed E-state index contributed by atoms with van der Waals surface area (Å²) in [6.07, 6.45) is 5.15. The van der Waals surface area contributed by atoms with Gasteiger partial charge in [-0.05, 0) is 0 Å². The first kappa shape index (κ1) is 13.5. The van der Waals surface area contributed by atoms with E-state index in [9.17, 15) is 4.79 Å². The zero-order valence-electron chi connectivity index (χ0n) is 11.9. The average molecular weight is 287 g/mol. The van der Waals surface area contributed by atoms with Crippen LogP contribution in [0.4, 0.5) is 5.82 Å². The molecule has 0 spiro atoms. The molecule has 0 atom stereocenters. The first-order valence-electron chi connectivity index (χ1n) is 6.97. The van der Waals surface area contributed by atoms with Crippen molar-refractivity contribution < 1.29 is 4.79 Å². The molecule has 0 radical (unpaired) electrons. The average Bonchev–Trinajstić information content (AvgIpc) is 3.09. The van der Waals surface area contributed by atoms with Crippen LogP contribution in [0.3, 0.4) is 0 Å². The fraction of sp³-hybridized carbons (Fsp3) is 0.462. The predicted octanol–water partition coefficient (Wildman–Crippen LogP) is 0.116. The molecule has 21 heavy (non-hydrogen) atoms. The summed E-state index contributed by atoms with van der Waals surface area (Å²) in [5.41, 5.74) is 0. The molecule has 1 aliphatic heterocycles. The van der Waals surface area contributed by atoms with Crippen LogP contribution >= 0.6 is 0 Å². The number of piperazine rings is 1. The number of hydrogen-bond acceptors (Lipinski definition) is 6. The number of carbonyl (C=O) groups is 1. The van der Waals surface area contributed by atoms with Crippen molar-refractivity contribution in [1.29, 1.82) is 0 Å². The van der Waals surface area contributed by atoms with Crippen LogP contribution in [0.1, 0.15) is 13.3 Å². The van der Waals surface area contributed by atoms with Crippen molar-refractivity contribution in [3.8, 4) is 5.82 Å². The Balaban J connectivity index is 1.71. The molecule has 110 valence electrons. The normalized spacial score (nSPS) is 15.3. The molecule has 2 aromatic rings. The quantitative estimate of drug-likeness (QED) is 0.797. The Hall–Kier alpha value is -2.51. The second-order valence-corrected chi connectivity index (χ2v) is 4.80. The van der Waals surface area contributed by atoms with Gasteiger partial charge in [-0.25, -0.2) is 19.6 Å². The van der Waals surface area contributed by atoms with Crippen molar-refractivity contribution in [1.82, 2.24) is 29.6 Å². The third kappa shape index (κ3) is 2.83. The number of hydrogen-bond donors (Lipinski definition) is 0. The highest BCUT2D eigenvalue weighted by Crippen LogP contribution is 2.15. The molecule has 2 aromatic heterocycles. The lowest BCUT2D eigenvalue weighted by molar-refractivity contribution is -0.131. The molecular formula is C13H17N7O. The van der Waals surface area contributed by atoms with Crippen LogP contribution in [0.5, 0.6) is 0 Å². The summed E-state index contributed by atoms with van der Waals surface area (Å²) >= 11 is 0. The topological polar surface area (TPSA) is 80.0 Å². The second-order valence-electron chi connectivity index (χ2n) is 4.80. The van der Waals surface area contributed by atoms with E-state index in [1.165, 1.54) is 12.7 Å². The summed E-state index contributed by atoms with van der Waals surface area (Å²) < 4.78 is 1.60. The Bertz CT molecular complexity index is 605. The summed E-state index contributed by atoms with van der Waals surface area (Å²) in [4.78, 5) is 28.2. The van der Waals surface area contributed by atoms with E-state index < -0.39 is 0 Å². The summed E-state index contributed by atoms with van der Waals surface area (Å²) in [6, 6.07) is 1.88. The molecule has 0 unspecified atom stereocenters. The molecule has 0 N–H and O–H groups in total. The van der Waals surface area contributed by atoms with Gasteiger partial charge in [-0.3, -0.25) is 4.79 Å². The maximum atomic E-state index is 11.7. The van der Waals surface area contributed by atoms with Gasteiger partial charge in [0.05, 0.1) is 0 Å². The smallest absolute Gasteiger partial charge is 0.222 e. The minimum absolute atomic E-state index is 0.209. The lowest BCUT2D eigenvalue weighted by atomic mass is 10.3. The van der Waals surface area contributed by atoms with Crippen molar-refractivity contribution in [2.24, 2.45) is 0 Å². The minimum atomic E-state index is 0.209. The standard InChI is InChI=1S/C13H17N7O/c1-2-13(21)19-5-3-18(4-6-19)11-7-12(16-9-15-11)20-10-14-8-17-20/h7-10H,2-6H2,1H3. The van der Waals surface area contributed by atoms with Crippen LogP contribution in [0.2, 0.25) is 0 Å². The molecule has 1 amide bonds. The van der Waals surface area contributed by atoms with Gasteiger partial charge in [-0.1, -0.05) is 6.92 Å². The van der Waals surface area contributed by atoms with E-state index in [-0.39, 0.29) is 5.91 Å². The van der Waals surface area contributed by atoms with E-state index >= 15 is 0 Å². The van der Waals surface area contributed by atoms with Gasteiger partial charge in [0.25, 0.3) is 0 Å². The Morgan fingerprint density at radius 1 is 1.14 bits per heavy atom. The third-order valence-electron chi connectivity index (χ3n) is 3.55. The molecule has 0 aromatic carbocycles. The lowest BCUT2D eigenvalue weighted by Crippen LogP contribution is -2.48. The molecule has 1 saturated heterocycles. The predicted molar refractivity (Wildman–Crippen MR) is 76.0 cm³/mol. The highest BCUT2D eigenvalue weighted by molar-refractivity contribution is 5.76. The van der Waals surface area contributed by atoms with E-state index in [0.29, 0.717) is 12.2 Å². The first-order chi connectivity index (χ1) is 10.3. The number of rotatable bonds is 3. The molecule has 0 saturated carbocycles. The van der Waals surface area contributed by atoms with E-state index in [2.05, 4.69) is 25.0 Å². The van der Waals surface area contributed by atoms with Crippen molar-refractivity contribution in [2.75, 3.05) is 31.1 Å². The maximum Gasteiger partial charge on any atom is 0.222 e. The van der Waals surface area contributed by atoms with Gasteiger partial charge in [0.1, 0.15) is 24.8 Å². The van der Waals surface area contributed by atoms with Crippen molar-refractivity contribution in [2.45, 2.75) is 13.3 Å². The monoisotopic (exact) mass is 287 g/mol. The first-order valence-corrected chi connectivity index (χ1v) is 6.97. The van der Waals surface area contributed by atoms with Gasteiger partial charge in [0.15, 0.2) is 5.82 Å². The van der Waals surface area contributed by atoms with Gasteiger partial charge < -0.3 is 9.80 Å². The number of nitrogens with zero attached hydrogens (tertiary/aromatic N) is 7. The highest BCUT2D eigenvalue weighted by Gasteiger charge is 2.21. The van der Waals surface area contributed by atoms with Gasteiger partial charge in [-0.15, -0.1) is 0 Å². The van der Waals surface area contributed by atoms with Crippen LogP contribution in [0.15, 0.2) is 25.0 Å². The van der Waals surface area contributed by atoms with E-state index in [1.807, 2.05) is 17.9 Å². The molecule has 8 nitrogen and oxygen atoms in total. The van der Waals surface area contributed by atoms with E-state index in [0.717, 1.165) is 32.0 Å². The van der Waals surface area contributed by atoms with Crippen LogP contribution in [-0.4, -0.2) is 61.7 Å². The van der Waals surface area contributed by atoms with Crippen LogP contribution in [0, 0.1) is 0 Å². The fourth-order valence-corrected chi connectivity index (χ4v) is 2.37. The SMILES string of the molecule is CCC(=O)N1CCN(c2cc(-n3cncn3)ncn2)CC1. The summed E-state index contributed by atoms with van der Waals surface area (Å²) in [5.74, 6) is 1.74. The Labute approximate surface area is 122 Å². The molecule has 3 rings (SSSR count). The third-order valence-corrected chi connectivity index (χ3v) is 3.55. The Morgan fingerprint density at radius 2 is 1.90 bits per heavy atom. The zero-order valence-corrected chi connectivity index (χ0v) is 11.9. The second kappa shape index (κ2) is 5.86. The van der Waals surface area contributed by atoms with Crippen LogP contribution in [0.25, 0.3) is 5.82 Å². The van der Waals surface area contributed by atoms with Crippen LogP contribution in [-0.2, 0) is 4.79 Å². The summed E-state index contributed by atoms with van der Waals surface area (Å²) in [6.45, 7) is 4.91. The minimum Gasteiger partial charge on any atom is -0.353 e.